The van der Waals surface area contributed by atoms with Gasteiger partial charge in [-0.1, -0.05) is 5.21 Å². The maximum atomic E-state index is 13.4. The maximum Gasteiger partial charge on any atom is 0.358 e. The number of hydrogen-bond donors (Lipinski definition) is 1. The normalized spacial score (nSPS) is 10.7. The molecule has 0 aliphatic rings. The zero-order valence-electron chi connectivity index (χ0n) is 11.2. The molecule has 0 saturated heterocycles. The van der Waals surface area contributed by atoms with Crippen molar-refractivity contribution in [2.24, 2.45) is 0 Å². The Morgan fingerprint density at radius 3 is 2.26 bits per heavy atom. The second-order valence-corrected chi connectivity index (χ2v) is 4.46. The number of aromatic nitrogens is 4. The summed E-state index contributed by atoms with van der Waals surface area (Å²) in [6.45, 7) is 0. The van der Waals surface area contributed by atoms with Crippen LogP contribution in [0.25, 0.3) is 16.9 Å². The largest absolute Gasteiger partial charge is 0.476 e. The lowest BCUT2D eigenvalue weighted by molar-refractivity contribution is 0.0691. The standard InChI is InChI=1S/C14H7F3N4O2/c15-9-5-8(6-10(16)11(9)17)21-13(7-1-3-18-4-2-7)12(14(22)23)19-20-21/h1-6H,(H,22,23). The number of pyridine rings is 1. The SMILES string of the molecule is O=C(O)c1nnn(-c2cc(F)c(F)c(F)c2)c1-c1ccncc1. The molecule has 0 radical (unpaired) electrons. The molecule has 0 bridgehead atoms. The van der Waals surface area contributed by atoms with Crippen molar-refractivity contribution < 1.29 is 23.1 Å². The van der Waals surface area contributed by atoms with Gasteiger partial charge in [0, 0.05) is 30.1 Å². The minimum Gasteiger partial charge on any atom is -0.476 e. The number of rotatable bonds is 3. The summed E-state index contributed by atoms with van der Waals surface area (Å²) in [6.07, 6.45) is 2.81. The summed E-state index contributed by atoms with van der Waals surface area (Å²) < 4.78 is 40.9. The molecule has 6 nitrogen and oxygen atoms in total. The van der Waals surface area contributed by atoms with Gasteiger partial charge in [-0.25, -0.2) is 22.6 Å². The summed E-state index contributed by atoms with van der Waals surface area (Å²) in [5, 5.41) is 16.3. The highest BCUT2D eigenvalue weighted by atomic mass is 19.2. The number of nitrogens with zero attached hydrogens (tertiary/aromatic N) is 4. The van der Waals surface area contributed by atoms with Crippen molar-refractivity contribution >= 4 is 5.97 Å². The lowest BCUT2D eigenvalue weighted by Gasteiger charge is -2.08. The lowest BCUT2D eigenvalue weighted by Crippen LogP contribution is -2.05. The van der Waals surface area contributed by atoms with Crippen LogP contribution in [0.2, 0.25) is 0 Å². The van der Waals surface area contributed by atoms with Crippen molar-refractivity contribution in [3.63, 3.8) is 0 Å². The van der Waals surface area contributed by atoms with E-state index in [1.165, 1.54) is 24.5 Å². The molecule has 0 amide bonds. The van der Waals surface area contributed by atoms with Gasteiger partial charge in [-0.3, -0.25) is 4.98 Å². The Labute approximate surface area is 126 Å². The molecule has 3 aromatic rings. The fourth-order valence-corrected chi connectivity index (χ4v) is 2.04. The van der Waals surface area contributed by atoms with Gasteiger partial charge in [0.05, 0.1) is 5.69 Å². The van der Waals surface area contributed by atoms with E-state index in [0.29, 0.717) is 17.7 Å². The molecule has 0 aliphatic carbocycles. The van der Waals surface area contributed by atoms with Crippen LogP contribution in [0.5, 0.6) is 0 Å². The van der Waals surface area contributed by atoms with Crippen LogP contribution in [-0.4, -0.2) is 31.1 Å². The van der Waals surface area contributed by atoms with E-state index >= 15 is 0 Å². The predicted octanol–water partition coefficient (Wildman–Crippen LogP) is 2.44. The number of benzene rings is 1. The summed E-state index contributed by atoms with van der Waals surface area (Å²) in [4.78, 5) is 15.1. The lowest BCUT2D eigenvalue weighted by atomic mass is 10.1. The first-order valence-electron chi connectivity index (χ1n) is 6.23. The monoisotopic (exact) mass is 320 g/mol. The molecule has 9 heteroatoms. The van der Waals surface area contributed by atoms with E-state index in [9.17, 15) is 23.1 Å². The van der Waals surface area contributed by atoms with E-state index < -0.39 is 29.1 Å². The molecule has 2 heterocycles. The van der Waals surface area contributed by atoms with Crippen LogP contribution in [0.1, 0.15) is 10.5 Å². The first-order chi connectivity index (χ1) is 11.0. The van der Waals surface area contributed by atoms with E-state index in [1.807, 2.05) is 0 Å². The van der Waals surface area contributed by atoms with Gasteiger partial charge in [0.1, 0.15) is 5.69 Å². The van der Waals surface area contributed by atoms with Crippen molar-refractivity contribution in [3.8, 4) is 16.9 Å². The van der Waals surface area contributed by atoms with Gasteiger partial charge in [0.25, 0.3) is 0 Å². The van der Waals surface area contributed by atoms with Crippen LogP contribution in [0.3, 0.4) is 0 Å². The summed E-state index contributed by atoms with van der Waals surface area (Å²) in [5.74, 6) is -5.84. The van der Waals surface area contributed by atoms with E-state index in [0.717, 1.165) is 4.68 Å². The Kier molecular flexibility index (Phi) is 3.53. The second-order valence-electron chi connectivity index (χ2n) is 4.46. The highest BCUT2D eigenvalue weighted by Gasteiger charge is 2.23. The molecule has 0 fully saturated rings. The van der Waals surface area contributed by atoms with E-state index in [2.05, 4.69) is 15.3 Å². The minimum absolute atomic E-state index is 0.00897. The highest BCUT2D eigenvalue weighted by Crippen LogP contribution is 2.26. The van der Waals surface area contributed by atoms with Crippen LogP contribution in [0, 0.1) is 17.5 Å². The smallest absolute Gasteiger partial charge is 0.358 e. The molecule has 1 aromatic carbocycles. The Bertz CT molecular complexity index is 873. The molecular formula is C14H7F3N4O2. The average Bonchev–Trinajstić information content (AvgIpc) is 2.98. The Balaban J connectivity index is 2.27. The zero-order chi connectivity index (χ0) is 16.6. The first-order valence-corrected chi connectivity index (χ1v) is 6.23. The van der Waals surface area contributed by atoms with Gasteiger partial charge < -0.3 is 5.11 Å². The fourth-order valence-electron chi connectivity index (χ4n) is 2.04. The number of halogens is 3. The van der Waals surface area contributed by atoms with Crippen molar-refractivity contribution in [1.29, 1.82) is 0 Å². The van der Waals surface area contributed by atoms with E-state index in [-0.39, 0.29) is 11.4 Å². The number of carbonyl (C=O) groups is 1. The van der Waals surface area contributed by atoms with Gasteiger partial charge >= 0.3 is 5.97 Å². The maximum absolute atomic E-state index is 13.4. The van der Waals surface area contributed by atoms with Gasteiger partial charge in [-0.05, 0) is 12.1 Å². The summed E-state index contributed by atoms with van der Waals surface area (Å²) in [6, 6.07) is 4.36. The molecule has 0 aliphatic heterocycles. The third-order valence-corrected chi connectivity index (χ3v) is 3.04. The summed E-state index contributed by atoms with van der Waals surface area (Å²) in [7, 11) is 0. The van der Waals surface area contributed by atoms with E-state index in [1.54, 1.807) is 0 Å². The zero-order valence-corrected chi connectivity index (χ0v) is 11.2. The van der Waals surface area contributed by atoms with Crippen molar-refractivity contribution in [1.82, 2.24) is 20.0 Å². The minimum atomic E-state index is -1.63. The van der Waals surface area contributed by atoms with E-state index in [4.69, 9.17) is 0 Å². The molecule has 3 rings (SSSR count). The van der Waals surface area contributed by atoms with Crippen LogP contribution in [0.15, 0.2) is 36.7 Å². The Morgan fingerprint density at radius 2 is 1.70 bits per heavy atom. The summed E-state index contributed by atoms with van der Waals surface area (Å²) >= 11 is 0. The number of aromatic carboxylic acids is 1. The van der Waals surface area contributed by atoms with Gasteiger partial charge in [-0.15, -0.1) is 5.10 Å². The number of hydrogen-bond acceptors (Lipinski definition) is 4. The van der Waals surface area contributed by atoms with Crippen molar-refractivity contribution in [3.05, 3.63) is 59.8 Å². The topological polar surface area (TPSA) is 80.9 Å². The van der Waals surface area contributed by atoms with Gasteiger partial charge in [-0.2, -0.15) is 0 Å². The predicted molar refractivity (Wildman–Crippen MR) is 71.4 cm³/mol. The van der Waals surface area contributed by atoms with Crippen molar-refractivity contribution in [2.45, 2.75) is 0 Å². The molecule has 0 unspecified atom stereocenters. The Morgan fingerprint density at radius 1 is 1.09 bits per heavy atom. The molecule has 116 valence electrons. The molecular weight excluding hydrogens is 313 g/mol. The summed E-state index contributed by atoms with van der Waals surface area (Å²) in [5.41, 5.74) is -0.257. The third kappa shape index (κ3) is 2.52. The third-order valence-electron chi connectivity index (χ3n) is 3.04. The van der Waals surface area contributed by atoms with Crippen LogP contribution >= 0.6 is 0 Å². The molecule has 2 aromatic heterocycles. The molecule has 1 N–H and O–H groups in total. The van der Waals surface area contributed by atoms with Gasteiger partial charge in [0.2, 0.25) is 0 Å². The van der Waals surface area contributed by atoms with Crippen LogP contribution in [0.4, 0.5) is 13.2 Å². The van der Waals surface area contributed by atoms with Crippen LogP contribution < -0.4 is 0 Å². The number of carboxylic acids is 1. The van der Waals surface area contributed by atoms with Crippen molar-refractivity contribution in [2.75, 3.05) is 0 Å². The molecule has 0 saturated carbocycles. The van der Waals surface area contributed by atoms with Gasteiger partial charge in [0.15, 0.2) is 23.1 Å². The molecule has 0 spiro atoms. The fraction of sp³-hybridized carbons (Fsp3) is 0. The number of carboxylic acid groups (broad SMARTS) is 1. The van der Waals surface area contributed by atoms with Crippen LogP contribution in [-0.2, 0) is 0 Å². The average molecular weight is 320 g/mol. The second kappa shape index (κ2) is 5.52. The Hall–Kier alpha value is -3.23. The first kappa shape index (κ1) is 14.7. The molecule has 23 heavy (non-hydrogen) atoms. The molecule has 0 atom stereocenters. The highest BCUT2D eigenvalue weighted by molar-refractivity contribution is 5.93. The quantitative estimate of drug-likeness (QED) is 0.750.